The van der Waals surface area contributed by atoms with Crippen LogP contribution in [-0.2, 0) is 30.3 Å². The van der Waals surface area contributed by atoms with Crippen LogP contribution in [0.5, 0.6) is 0 Å². The zero-order valence-electron chi connectivity index (χ0n) is 25.9. The molecular weight excluding hydrogens is 596 g/mol. The van der Waals surface area contributed by atoms with Gasteiger partial charge in [0.25, 0.3) is 5.91 Å². The molecule has 4 N–H and O–H groups in total. The van der Waals surface area contributed by atoms with Crippen LogP contribution in [0.3, 0.4) is 0 Å². The van der Waals surface area contributed by atoms with Gasteiger partial charge in [0.05, 0.1) is 0 Å². The van der Waals surface area contributed by atoms with Crippen molar-refractivity contribution in [3.8, 4) is 0 Å². The molecule has 0 spiro atoms. The second-order valence-corrected chi connectivity index (χ2v) is 11.6. The van der Waals surface area contributed by atoms with E-state index in [1.54, 1.807) is 0 Å². The summed E-state index contributed by atoms with van der Waals surface area (Å²) in [6.45, 7) is 2.30. The SMILES string of the molecule is Cc1ccc(NCCCCCOC(C(=O)NCCCCCCCc2ccc3ccccc3c2)C(OCC(=O)O)C(=O)O)cc1Cl. The average Bonchev–Trinajstić information content (AvgIpc) is 3.02. The highest BCUT2D eigenvalue weighted by Crippen LogP contribution is 2.20. The molecule has 9 nitrogen and oxygen atoms in total. The molecule has 3 aromatic carbocycles. The van der Waals surface area contributed by atoms with Crippen molar-refractivity contribution in [3.63, 3.8) is 0 Å². The fraction of sp³-hybridized carbons (Fsp3) is 0.457. The number of fused-ring (bicyclic) bond motifs is 1. The summed E-state index contributed by atoms with van der Waals surface area (Å²) in [5.41, 5.74) is 3.27. The minimum atomic E-state index is -1.73. The van der Waals surface area contributed by atoms with Crippen LogP contribution in [0, 0.1) is 6.92 Å². The van der Waals surface area contributed by atoms with Crippen molar-refractivity contribution < 1.29 is 34.1 Å². The van der Waals surface area contributed by atoms with Crippen LogP contribution < -0.4 is 10.6 Å². The summed E-state index contributed by atoms with van der Waals surface area (Å²) in [4.78, 5) is 35.8. The highest BCUT2D eigenvalue weighted by Gasteiger charge is 2.36. The summed E-state index contributed by atoms with van der Waals surface area (Å²) in [7, 11) is 0. The molecule has 45 heavy (non-hydrogen) atoms. The minimum absolute atomic E-state index is 0.131. The smallest absolute Gasteiger partial charge is 0.336 e. The van der Waals surface area contributed by atoms with E-state index in [-0.39, 0.29) is 6.61 Å². The Morgan fingerprint density at radius 2 is 1.49 bits per heavy atom. The number of amides is 1. The molecule has 3 aromatic rings. The van der Waals surface area contributed by atoms with Crippen LogP contribution in [0.2, 0.25) is 5.02 Å². The lowest BCUT2D eigenvalue weighted by molar-refractivity contribution is -0.172. The molecule has 0 saturated carbocycles. The Labute approximate surface area is 270 Å². The number of carboxylic acid groups (broad SMARTS) is 2. The topological polar surface area (TPSA) is 134 Å². The van der Waals surface area contributed by atoms with E-state index in [2.05, 4.69) is 47.0 Å². The van der Waals surface area contributed by atoms with E-state index in [1.807, 2.05) is 31.2 Å². The Morgan fingerprint density at radius 1 is 0.778 bits per heavy atom. The van der Waals surface area contributed by atoms with Crippen molar-refractivity contribution >= 4 is 45.9 Å². The van der Waals surface area contributed by atoms with E-state index in [1.165, 1.54) is 16.3 Å². The number of aliphatic carboxylic acids is 2. The molecule has 0 aliphatic carbocycles. The maximum absolute atomic E-state index is 12.9. The Kier molecular flexibility index (Phi) is 15.7. The van der Waals surface area contributed by atoms with E-state index in [0.717, 1.165) is 62.6 Å². The summed E-state index contributed by atoms with van der Waals surface area (Å²) in [5, 5.41) is 27.9. The first-order valence-electron chi connectivity index (χ1n) is 15.7. The van der Waals surface area contributed by atoms with Crippen molar-refractivity contribution in [2.75, 3.05) is 31.6 Å². The van der Waals surface area contributed by atoms with Crippen LogP contribution >= 0.6 is 11.6 Å². The van der Waals surface area contributed by atoms with E-state index >= 15 is 0 Å². The lowest BCUT2D eigenvalue weighted by Gasteiger charge is -2.23. The minimum Gasteiger partial charge on any atom is -0.480 e. The number of carbonyl (C=O) groups excluding carboxylic acids is 1. The summed E-state index contributed by atoms with van der Waals surface area (Å²) >= 11 is 6.16. The largest absolute Gasteiger partial charge is 0.480 e. The summed E-state index contributed by atoms with van der Waals surface area (Å²) in [6, 6.07) is 20.7. The van der Waals surface area contributed by atoms with Crippen LogP contribution in [-0.4, -0.2) is 66.6 Å². The number of benzene rings is 3. The molecule has 0 aromatic heterocycles. The second-order valence-electron chi connectivity index (χ2n) is 11.2. The lowest BCUT2D eigenvalue weighted by atomic mass is 10.0. The Morgan fingerprint density at radius 3 is 2.24 bits per heavy atom. The van der Waals surface area contributed by atoms with Crippen LogP contribution in [0.4, 0.5) is 5.69 Å². The average molecular weight is 641 g/mol. The summed E-state index contributed by atoms with van der Waals surface area (Å²) in [5.74, 6) is -3.41. The van der Waals surface area contributed by atoms with Crippen molar-refractivity contribution in [1.82, 2.24) is 5.32 Å². The van der Waals surface area contributed by atoms with Gasteiger partial charge in [0.1, 0.15) is 6.61 Å². The first-order valence-corrected chi connectivity index (χ1v) is 16.1. The number of anilines is 1. The van der Waals surface area contributed by atoms with Gasteiger partial charge in [-0.3, -0.25) is 4.79 Å². The van der Waals surface area contributed by atoms with E-state index in [0.29, 0.717) is 24.5 Å². The predicted molar refractivity (Wildman–Crippen MR) is 177 cm³/mol. The molecule has 0 heterocycles. The Bertz CT molecular complexity index is 1380. The molecule has 0 bridgehead atoms. The molecule has 10 heteroatoms. The van der Waals surface area contributed by atoms with Gasteiger partial charge in [-0.05, 0) is 79.5 Å². The highest BCUT2D eigenvalue weighted by atomic mass is 35.5. The van der Waals surface area contributed by atoms with Crippen molar-refractivity contribution in [1.29, 1.82) is 0 Å². The molecule has 1 amide bonds. The third kappa shape index (κ3) is 13.1. The molecule has 0 aliphatic rings. The quantitative estimate of drug-likeness (QED) is 0.0899. The number of hydrogen-bond acceptors (Lipinski definition) is 6. The molecule has 3 rings (SSSR count). The number of ether oxygens (including phenoxy) is 2. The number of unbranched alkanes of at least 4 members (excludes halogenated alkanes) is 6. The molecule has 244 valence electrons. The van der Waals surface area contributed by atoms with Gasteiger partial charge in [-0.1, -0.05) is 79.4 Å². The monoisotopic (exact) mass is 640 g/mol. The van der Waals surface area contributed by atoms with Crippen molar-refractivity contribution in [2.45, 2.75) is 76.9 Å². The van der Waals surface area contributed by atoms with Gasteiger partial charge in [-0.15, -0.1) is 0 Å². The number of halogens is 1. The van der Waals surface area contributed by atoms with E-state index in [9.17, 15) is 19.5 Å². The first kappa shape index (κ1) is 35.8. The van der Waals surface area contributed by atoms with Gasteiger partial charge in [0, 0.05) is 30.4 Å². The van der Waals surface area contributed by atoms with Gasteiger partial charge in [-0.2, -0.15) is 0 Å². The third-order valence-electron chi connectivity index (χ3n) is 7.54. The van der Waals surface area contributed by atoms with Gasteiger partial charge in [-0.25, -0.2) is 9.59 Å². The van der Waals surface area contributed by atoms with Crippen LogP contribution in [0.1, 0.15) is 62.5 Å². The molecule has 2 unspecified atom stereocenters. The molecular formula is C35H45ClN2O7. The van der Waals surface area contributed by atoms with Crippen LogP contribution in [0.15, 0.2) is 60.7 Å². The Balaban J connectivity index is 1.35. The molecule has 0 saturated heterocycles. The lowest BCUT2D eigenvalue weighted by Crippen LogP contribution is -2.49. The number of carbonyl (C=O) groups is 3. The van der Waals surface area contributed by atoms with Crippen molar-refractivity contribution in [2.24, 2.45) is 0 Å². The van der Waals surface area contributed by atoms with Gasteiger partial charge >= 0.3 is 11.9 Å². The van der Waals surface area contributed by atoms with Crippen LogP contribution in [0.25, 0.3) is 10.8 Å². The van der Waals surface area contributed by atoms with Gasteiger partial charge < -0.3 is 30.3 Å². The standard InChI is InChI=1S/C35H45ClN2O7/c1-25-15-18-29(23-30(25)36)37-19-10-5-11-21-44-32(33(35(42)43)45-24-31(39)40)34(41)38-20-9-4-2-3-6-12-26-16-17-27-13-7-8-14-28(27)22-26/h7-8,13-18,22-23,32-33,37H,2-6,9-12,19-21,24H2,1H3,(H,38,41)(H,39,40)(H,42,43). The number of carboxylic acids is 2. The van der Waals surface area contributed by atoms with Crippen molar-refractivity contribution in [3.05, 3.63) is 76.8 Å². The maximum atomic E-state index is 12.9. The van der Waals surface area contributed by atoms with Gasteiger partial charge in [0.15, 0.2) is 12.2 Å². The molecule has 2 atom stereocenters. The fourth-order valence-corrected chi connectivity index (χ4v) is 5.17. The Hall–Kier alpha value is -3.66. The highest BCUT2D eigenvalue weighted by molar-refractivity contribution is 6.31. The van der Waals surface area contributed by atoms with E-state index < -0.39 is 36.7 Å². The normalized spacial score (nSPS) is 12.5. The number of rotatable bonds is 22. The second kappa shape index (κ2) is 19.7. The van der Waals surface area contributed by atoms with Gasteiger partial charge in [0.2, 0.25) is 0 Å². The zero-order chi connectivity index (χ0) is 32.4. The number of nitrogens with one attached hydrogen (secondary N) is 2. The number of aryl methyl sites for hydroxylation is 2. The molecule has 0 radical (unpaired) electrons. The maximum Gasteiger partial charge on any atom is 0.336 e. The summed E-state index contributed by atoms with van der Waals surface area (Å²) < 4.78 is 10.7. The first-order chi connectivity index (χ1) is 21.7. The number of hydrogen-bond donors (Lipinski definition) is 4. The predicted octanol–water partition coefficient (Wildman–Crippen LogP) is 6.63. The summed E-state index contributed by atoms with van der Waals surface area (Å²) in [6.07, 6.45) is 4.85. The van der Waals surface area contributed by atoms with E-state index in [4.69, 9.17) is 26.2 Å². The molecule has 0 aliphatic heterocycles. The third-order valence-corrected chi connectivity index (χ3v) is 7.95. The zero-order valence-corrected chi connectivity index (χ0v) is 26.7. The molecule has 0 fully saturated rings. The fourth-order valence-electron chi connectivity index (χ4n) is 4.99.